The third-order valence-corrected chi connectivity index (χ3v) is 5.76. The number of allylic oxidation sites excluding steroid dienone is 1. The number of rotatable bonds is 5. The first kappa shape index (κ1) is 17.8. The first-order valence-electron chi connectivity index (χ1n) is 9.19. The van der Waals surface area contributed by atoms with E-state index in [0.29, 0.717) is 12.0 Å². The Hall–Kier alpha value is -2.60. The summed E-state index contributed by atoms with van der Waals surface area (Å²) in [4.78, 5) is 17.2. The molecule has 1 fully saturated rings. The second-order valence-electron chi connectivity index (χ2n) is 6.51. The van der Waals surface area contributed by atoms with Gasteiger partial charge in [0, 0.05) is 53.4 Å². The summed E-state index contributed by atoms with van der Waals surface area (Å²) in [5, 5.41) is 1.02. The number of thiophene rings is 1. The molecule has 0 amide bonds. The van der Waals surface area contributed by atoms with Gasteiger partial charge in [-0.15, -0.1) is 11.3 Å². The topological polar surface area (TPSA) is 41.4 Å². The van der Waals surface area contributed by atoms with Gasteiger partial charge in [-0.25, -0.2) is 15.0 Å². The van der Waals surface area contributed by atoms with Gasteiger partial charge in [-0.2, -0.15) is 4.39 Å². The average Bonchev–Trinajstić information content (AvgIpc) is 3.35. The quantitative estimate of drug-likeness (QED) is 0.458. The van der Waals surface area contributed by atoms with Crippen LogP contribution in [0.5, 0.6) is 0 Å². The van der Waals surface area contributed by atoms with Gasteiger partial charge in [-0.3, -0.25) is 0 Å². The van der Waals surface area contributed by atoms with Crippen molar-refractivity contribution in [1.82, 2.24) is 14.9 Å². The van der Waals surface area contributed by atoms with Gasteiger partial charge in [-0.1, -0.05) is 6.07 Å². The minimum Gasteiger partial charge on any atom is -0.357 e. The molecule has 0 atom stereocenters. The van der Waals surface area contributed by atoms with Crippen molar-refractivity contribution in [3.8, 4) is 10.4 Å². The van der Waals surface area contributed by atoms with E-state index in [1.807, 2.05) is 31.3 Å². The van der Waals surface area contributed by atoms with Crippen LogP contribution in [0.15, 0.2) is 53.4 Å². The largest absolute Gasteiger partial charge is 0.357 e. The molecule has 4 nitrogen and oxygen atoms in total. The van der Waals surface area contributed by atoms with Crippen molar-refractivity contribution < 1.29 is 4.39 Å². The zero-order valence-corrected chi connectivity index (χ0v) is 16.0. The van der Waals surface area contributed by atoms with Crippen molar-refractivity contribution in [1.29, 1.82) is 0 Å². The first-order valence-corrected chi connectivity index (χ1v) is 10.0. The first-order chi connectivity index (χ1) is 13.2. The Balaban J connectivity index is 1.52. The van der Waals surface area contributed by atoms with E-state index in [0.717, 1.165) is 39.7 Å². The summed E-state index contributed by atoms with van der Waals surface area (Å²) in [7, 11) is 0. The van der Waals surface area contributed by atoms with Gasteiger partial charge in [0.25, 0.3) is 0 Å². The fourth-order valence-corrected chi connectivity index (χ4v) is 4.35. The van der Waals surface area contributed by atoms with Crippen molar-refractivity contribution in [3.63, 3.8) is 0 Å². The number of aromatic nitrogens is 2. The zero-order chi connectivity index (χ0) is 18.6. The molecule has 0 unspecified atom stereocenters. The Morgan fingerprint density at radius 2 is 2.15 bits per heavy atom. The van der Waals surface area contributed by atoms with Crippen LogP contribution in [-0.4, -0.2) is 34.2 Å². The summed E-state index contributed by atoms with van der Waals surface area (Å²) in [5.41, 5.74) is 1.48. The number of likely N-dealkylation sites (tertiary alicyclic amines) is 1. The van der Waals surface area contributed by atoms with E-state index in [-0.39, 0.29) is 0 Å². The molecule has 4 heterocycles. The van der Waals surface area contributed by atoms with E-state index in [4.69, 9.17) is 4.98 Å². The maximum Gasteiger partial charge on any atom is 0.221 e. The molecule has 27 heavy (non-hydrogen) atoms. The molecule has 4 rings (SSSR count). The highest BCUT2D eigenvalue weighted by Gasteiger charge is 2.13. The summed E-state index contributed by atoms with van der Waals surface area (Å²) >= 11 is 1.49. The number of hydrogen-bond acceptors (Lipinski definition) is 5. The van der Waals surface area contributed by atoms with E-state index in [2.05, 4.69) is 21.0 Å². The van der Waals surface area contributed by atoms with Crippen LogP contribution >= 0.6 is 11.3 Å². The minimum atomic E-state index is -0.447. The lowest BCUT2D eigenvalue weighted by atomic mass is 10.2. The van der Waals surface area contributed by atoms with Gasteiger partial charge < -0.3 is 4.90 Å². The number of halogens is 1. The van der Waals surface area contributed by atoms with Gasteiger partial charge in [0.1, 0.15) is 10.7 Å². The molecule has 1 aliphatic heterocycles. The Kier molecular flexibility index (Phi) is 5.25. The van der Waals surface area contributed by atoms with Crippen molar-refractivity contribution >= 4 is 27.8 Å². The predicted molar refractivity (Wildman–Crippen MR) is 110 cm³/mol. The standard InChI is InChI=1S/C21H21FN4S/c1-2-19(26-12-3-4-13-26)23-11-9-16-8-7-15-14-18(27-21(15)25-16)17-6-5-10-24-20(17)22/h2,5-8,10-11,14H,3-4,9,12-13H2,1H3/b19-2+,23-11-. The predicted octanol–water partition coefficient (Wildman–Crippen LogP) is 5.07. The highest BCUT2D eigenvalue weighted by atomic mass is 32.1. The Labute approximate surface area is 162 Å². The van der Waals surface area contributed by atoms with E-state index in [1.165, 1.54) is 30.4 Å². The molecule has 6 heteroatoms. The molecule has 0 N–H and O–H groups in total. The lowest BCUT2D eigenvalue weighted by molar-refractivity contribution is 0.422. The van der Waals surface area contributed by atoms with E-state index < -0.39 is 5.95 Å². The summed E-state index contributed by atoms with van der Waals surface area (Å²) in [6, 6.07) is 9.51. The fourth-order valence-electron chi connectivity index (χ4n) is 3.29. The zero-order valence-electron chi connectivity index (χ0n) is 15.2. The number of nitrogens with zero attached hydrogens (tertiary/aromatic N) is 4. The molecule has 0 aliphatic carbocycles. The smallest absolute Gasteiger partial charge is 0.221 e. The van der Waals surface area contributed by atoms with Gasteiger partial charge in [-0.05, 0) is 50.1 Å². The molecule has 0 spiro atoms. The van der Waals surface area contributed by atoms with E-state index in [1.54, 1.807) is 12.1 Å². The Morgan fingerprint density at radius 3 is 2.93 bits per heavy atom. The van der Waals surface area contributed by atoms with Crippen LogP contribution in [0.3, 0.4) is 0 Å². The maximum absolute atomic E-state index is 13.9. The second-order valence-corrected chi connectivity index (χ2v) is 7.54. The Bertz CT molecular complexity index is 1000. The normalized spacial score (nSPS) is 15.3. The molecule has 138 valence electrons. The molecule has 1 saturated heterocycles. The lowest BCUT2D eigenvalue weighted by Crippen LogP contribution is -2.17. The van der Waals surface area contributed by atoms with Crippen molar-refractivity contribution in [2.24, 2.45) is 4.99 Å². The average molecular weight is 380 g/mol. The van der Waals surface area contributed by atoms with E-state index >= 15 is 0 Å². The van der Waals surface area contributed by atoms with Gasteiger partial charge in [0.2, 0.25) is 5.95 Å². The Morgan fingerprint density at radius 1 is 1.30 bits per heavy atom. The highest BCUT2D eigenvalue weighted by Crippen LogP contribution is 2.33. The van der Waals surface area contributed by atoms with Crippen LogP contribution in [0, 0.1) is 5.95 Å². The van der Waals surface area contributed by atoms with Crippen LogP contribution in [-0.2, 0) is 6.42 Å². The van der Waals surface area contributed by atoms with E-state index in [9.17, 15) is 4.39 Å². The monoisotopic (exact) mass is 380 g/mol. The molecule has 0 radical (unpaired) electrons. The maximum atomic E-state index is 13.9. The number of hydrogen-bond donors (Lipinski definition) is 0. The van der Waals surface area contributed by atoms with Crippen LogP contribution in [0.1, 0.15) is 25.5 Å². The van der Waals surface area contributed by atoms with Crippen molar-refractivity contribution in [2.45, 2.75) is 26.2 Å². The van der Waals surface area contributed by atoms with Crippen LogP contribution in [0.4, 0.5) is 4.39 Å². The summed E-state index contributed by atoms with van der Waals surface area (Å²) in [6.07, 6.45) is 8.61. The van der Waals surface area contributed by atoms with Crippen LogP contribution < -0.4 is 0 Å². The van der Waals surface area contributed by atoms with Gasteiger partial charge in [0.15, 0.2) is 0 Å². The molecule has 0 saturated carbocycles. The summed E-state index contributed by atoms with van der Waals surface area (Å²) < 4.78 is 13.9. The summed E-state index contributed by atoms with van der Waals surface area (Å²) in [6.45, 7) is 4.20. The number of aliphatic imine (C=N–C) groups is 1. The van der Waals surface area contributed by atoms with Gasteiger partial charge >= 0.3 is 0 Å². The third kappa shape index (κ3) is 3.90. The fraction of sp³-hybridized carbons (Fsp3) is 0.286. The second kappa shape index (κ2) is 7.96. The molecule has 0 bridgehead atoms. The van der Waals surface area contributed by atoms with Gasteiger partial charge in [0.05, 0.1) is 0 Å². The van der Waals surface area contributed by atoms with Crippen LogP contribution in [0.2, 0.25) is 0 Å². The molecule has 3 aromatic rings. The van der Waals surface area contributed by atoms with Crippen molar-refractivity contribution in [2.75, 3.05) is 13.1 Å². The highest BCUT2D eigenvalue weighted by molar-refractivity contribution is 7.21. The number of pyridine rings is 2. The minimum absolute atomic E-state index is 0.447. The molecular weight excluding hydrogens is 359 g/mol. The lowest BCUT2D eigenvalue weighted by Gasteiger charge is -2.17. The molecule has 1 aliphatic rings. The van der Waals surface area contributed by atoms with Crippen LogP contribution in [0.25, 0.3) is 20.7 Å². The SMILES string of the molecule is C/C=C(\N=C/Cc1ccc2cc(-c3cccnc3F)sc2n1)N1CCCC1. The summed E-state index contributed by atoms with van der Waals surface area (Å²) in [5.74, 6) is 0.594. The third-order valence-electron chi connectivity index (χ3n) is 4.68. The number of fused-ring (bicyclic) bond motifs is 1. The van der Waals surface area contributed by atoms with Crippen molar-refractivity contribution in [3.05, 3.63) is 60.1 Å². The molecule has 0 aromatic carbocycles. The molecular formula is C21H21FN4S. The molecule has 3 aromatic heterocycles.